The summed E-state index contributed by atoms with van der Waals surface area (Å²) in [7, 11) is 1.68. The van der Waals surface area contributed by atoms with Gasteiger partial charge >= 0.3 is 0 Å². The van der Waals surface area contributed by atoms with Crippen LogP contribution in [-0.2, 0) is 6.54 Å². The summed E-state index contributed by atoms with van der Waals surface area (Å²) < 4.78 is 5.28. The molecule has 0 saturated carbocycles. The molecule has 4 rings (SSSR count). The largest absolute Gasteiger partial charge is 0.497 e. The van der Waals surface area contributed by atoms with Crippen molar-refractivity contribution in [2.75, 3.05) is 13.4 Å². The third-order valence-corrected chi connectivity index (χ3v) is 6.73. The Balaban J connectivity index is 1.82. The summed E-state index contributed by atoms with van der Waals surface area (Å²) in [5.74, 6) is 0.852. The molecule has 1 aromatic heterocycles. The molecule has 0 saturated heterocycles. The fourth-order valence-electron chi connectivity index (χ4n) is 3.28. The van der Waals surface area contributed by atoms with Gasteiger partial charge in [-0.1, -0.05) is 54.2 Å². The number of aryl methyl sites for hydroxylation is 1. The van der Waals surface area contributed by atoms with Gasteiger partial charge in [-0.3, -0.25) is 0 Å². The van der Waals surface area contributed by atoms with E-state index in [4.69, 9.17) is 14.8 Å². The van der Waals surface area contributed by atoms with Crippen LogP contribution in [0.2, 0.25) is 0 Å². The number of hydrazone groups is 1. The third kappa shape index (κ3) is 3.95. The number of rotatable bonds is 4. The van der Waals surface area contributed by atoms with Gasteiger partial charge in [0, 0.05) is 16.0 Å². The Kier molecular flexibility index (Phi) is 5.74. The summed E-state index contributed by atoms with van der Waals surface area (Å²) in [5.41, 5.74) is 5.63. The molecule has 2 heterocycles. The second kappa shape index (κ2) is 8.43. The van der Waals surface area contributed by atoms with E-state index in [1.807, 2.05) is 23.2 Å². The van der Waals surface area contributed by atoms with Gasteiger partial charge in [0.25, 0.3) is 0 Å². The minimum Gasteiger partial charge on any atom is -0.497 e. The number of fused-ring (bicyclic) bond motifs is 1. The number of ether oxygens (including phenoxy) is 1. The molecular formula is C23H23N3OS2. The summed E-state index contributed by atoms with van der Waals surface area (Å²) in [4.78, 5) is 6.29. The molecule has 148 valence electrons. The highest BCUT2D eigenvalue weighted by Gasteiger charge is 2.25. The molecule has 0 atom stereocenters. The number of hydrogen-bond donors (Lipinski definition) is 0. The number of benzene rings is 2. The number of thioether (sulfide) groups is 1. The van der Waals surface area contributed by atoms with Crippen molar-refractivity contribution in [3.8, 4) is 5.75 Å². The van der Waals surface area contributed by atoms with Gasteiger partial charge in [-0.25, -0.2) is 10.0 Å². The predicted octanol–water partition coefficient (Wildman–Crippen LogP) is 5.99. The minimum atomic E-state index is 0.646. The molecule has 1 aliphatic rings. The molecule has 6 heteroatoms. The molecule has 0 aliphatic carbocycles. The van der Waals surface area contributed by atoms with Gasteiger partial charge in [0.2, 0.25) is 0 Å². The molecule has 2 aromatic carbocycles. The highest BCUT2D eigenvalue weighted by molar-refractivity contribution is 8.13. The Morgan fingerprint density at radius 1 is 1.03 bits per heavy atom. The van der Waals surface area contributed by atoms with Crippen LogP contribution in [0.5, 0.6) is 5.75 Å². The first-order valence-electron chi connectivity index (χ1n) is 9.38. The lowest BCUT2D eigenvalue weighted by Gasteiger charge is -2.20. The fourth-order valence-corrected chi connectivity index (χ4v) is 4.87. The standard InChI is InChI=1S/C23H23N3OS2/c1-15-16(2)29-22-20(15)21(18-8-6-5-7-9-18)25-26(23(24-22)28-4)14-17-10-12-19(27-3)13-11-17/h5-13H,14H2,1-4H3. The van der Waals surface area contributed by atoms with Crippen molar-refractivity contribution in [2.24, 2.45) is 10.1 Å². The minimum absolute atomic E-state index is 0.646. The molecule has 4 nitrogen and oxygen atoms in total. The second-order valence-corrected chi connectivity index (χ2v) is 8.76. The lowest BCUT2D eigenvalue weighted by molar-refractivity contribution is 0.413. The summed E-state index contributed by atoms with van der Waals surface area (Å²) in [6.45, 7) is 4.96. The van der Waals surface area contributed by atoms with Crippen LogP contribution in [0.25, 0.3) is 0 Å². The molecule has 0 radical (unpaired) electrons. The monoisotopic (exact) mass is 421 g/mol. The normalized spacial score (nSPS) is 13.4. The molecule has 0 spiro atoms. The van der Waals surface area contributed by atoms with Crippen LogP contribution >= 0.6 is 23.1 Å². The van der Waals surface area contributed by atoms with Crippen LogP contribution < -0.4 is 4.74 Å². The van der Waals surface area contributed by atoms with Gasteiger partial charge in [0.15, 0.2) is 5.17 Å². The molecule has 1 aliphatic heterocycles. The van der Waals surface area contributed by atoms with Crippen molar-refractivity contribution in [2.45, 2.75) is 20.4 Å². The average molecular weight is 422 g/mol. The van der Waals surface area contributed by atoms with Gasteiger partial charge in [0.1, 0.15) is 16.5 Å². The van der Waals surface area contributed by atoms with Crippen LogP contribution in [0.1, 0.15) is 27.1 Å². The van der Waals surface area contributed by atoms with Gasteiger partial charge < -0.3 is 4.74 Å². The first-order valence-corrected chi connectivity index (χ1v) is 11.4. The summed E-state index contributed by atoms with van der Waals surface area (Å²) >= 11 is 3.36. The highest BCUT2D eigenvalue weighted by Crippen LogP contribution is 2.39. The van der Waals surface area contributed by atoms with Crippen molar-refractivity contribution in [1.82, 2.24) is 5.01 Å². The summed E-state index contributed by atoms with van der Waals surface area (Å²) in [6.07, 6.45) is 2.05. The first-order chi connectivity index (χ1) is 14.1. The number of nitrogens with zero attached hydrogens (tertiary/aromatic N) is 3. The van der Waals surface area contributed by atoms with E-state index < -0.39 is 0 Å². The molecular weight excluding hydrogens is 398 g/mol. The van der Waals surface area contributed by atoms with Gasteiger partial charge in [-0.15, -0.1) is 11.3 Å². The molecule has 0 fully saturated rings. The maximum absolute atomic E-state index is 5.28. The van der Waals surface area contributed by atoms with Gasteiger partial charge in [0.05, 0.1) is 13.7 Å². The Morgan fingerprint density at radius 3 is 2.41 bits per heavy atom. The van der Waals surface area contributed by atoms with Gasteiger partial charge in [-0.2, -0.15) is 5.10 Å². The number of aliphatic imine (C=N–C) groups is 1. The van der Waals surface area contributed by atoms with E-state index in [1.54, 1.807) is 30.2 Å². The molecule has 0 N–H and O–H groups in total. The van der Waals surface area contributed by atoms with E-state index in [0.717, 1.165) is 38.3 Å². The molecule has 3 aromatic rings. The lowest BCUT2D eigenvalue weighted by atomic mass is 10.0. The zero-order valence-electron chi connectivity index (χ0n) is 17.0. The average Bonchev–Trinajstić information content (AvgIpc) is 2.94. The van der Waals surface area contributed by atoms with Crippen LogP contribution in [0, 0.1) is 13.8 Å². The van der Waals surface area contributed by atoms with E-state index in [0.29, 0.717) is 6.54 Å². The molecule has 0 unspecified atom stereocenters. The number of hydrogen-bond acceptors (Lipinski definition) is 6. The van der Waals surface area contributed by atoms with Crippen LogP contribution in [0.4, 0.5) is 5.00 Å². The van der Waals surface area contributed by atoms with Crippen molar-refractivity contribution < 1.29 is 4.74 Å². The third-order valence-electron chi connectivity index (χ3n) is 4.96. The van der Waals surface area contributed by atoms with Crippen molar-refractivity contribution in [3.63, 3.8) is 0 Å². The first kappa shape index (κ1) is 19.7. The Bertz CT molecular complexity index is 1070. The van der Waals surface area contributed by atoms with Crippen molar-refractivity contribution >= 4 is 39.0 Å². The zero-order valence-corrected chi connectivity index (χ0v) is 18.6. The Labute approximate surface area is 179 Å². The highest BCUT2D eigenvalue weighted by atomic mass is 32.2. The van der Waals surface area contributed by atoms with E-state index in [2.05, 4.69) is 56.5 Å². The van der Waals surface area contributed by atoms with E-state index in [9.17, 15) is 0 Å². The van der Waals surface area contributed by atoms with Crippen LogP contribution in [0.3, 0.4) is 0 Å². The maximum Gasteiger partial charge on any atom is 0.185 e. The number of amidine groups is 1. The van der Waals surface area contributed by atoms with E-state index in [-0.39, 0.29) is 0 Å². The van der Waals surface area contributed by atoms with Crippen LogP contribution in [0.15, 0.2) is 64.7 Å². The van der Waals surface area contributed by atoms with E-state index >= 15 is 0 Å². The Morgan fingerprint density at radius 2 is 1.76 bits per heavy atom. The van der Waals surface area contributed by atoms with Gasteiger partial charge in [-0.05, 0) is 43.4 Å². The zero-order chi connectivity index (χ0) is 20.4. The second-order valence-electron chi connectivity index (χ2n) is 6.78. The lowest BCUT2D eigenvalue weighted by Crippen LogP contribution is -2.24. The summed E-state index contributed by atoms with van der Waals surface area (Å²) in [6, 6.07) is 18.5. The number of methoxy groups -OCH3 is 1. The number of thiophene rings is 1. The topological polar surface area (TPSA) is 37.2 Å². The molecule has 29 heavy (non-hydrogen) atoms. The molecule has 0 amide bonds. The Hall–Kier alpha value is -2.57. The predicted molar refractivity (Wildman–Crippen MR) is 125 cm³/mol. The molecule has 0 bridgehead atoms. The quantitative estimate of drug-likeness (QED) is 0.519. The van der Waals surface area contributed by atoms with Crippen LogP contribution in [-0.4, -0.2) is 29.3 Å². The van der Waals surface area contributed by atoms with E-state index in [1.165, 1.54) is 10.4 Å². The van der Waals surface area contributed by atoms with Crippen molar-refractivity contribution in [3.05, 3.63) is 81.7 Å². The van der Waals surface area contributed by atoms with Crippen molar-refractivity contribution in [1.29, 1.82) is 0 Å². The smallest absolute Gasteiger partial charge is 0.185 e. The maximum atomic E-state index is 5.28. The SMILES string of the molecule is COc1ccc(CN2N=C(c3ccccc3)c3c(sc(C)c3C)N=C2SC)cc1. The summed E-state index contributed by atoms with van der Waals surface area (Å²) in [5, 5.41) is 9.06. The fraction of sp³-hybridized carbons (Fsp3) is 0.217.